The van der Waals surface area contributed by atoms with Crippen molar-refractivity contribution in [2.24, 2.45) is 0 Å². The summed E-state index contributed by atoms with van der Waals surface area (Å²) in [4.78, 5) is 12.1. The van der Waals surface area contributed by atoms with E-state index < -0.39 is 49.6 Å². The van der Waals surface area contributed by atoms with Crippen molar-refractivity contribution in [3.63, 3.8) is 0 Å². The molecule has 0 amide bonds. The van der Waals surface area contributed by atoms with Gasteiger partial charge in [0, 0.05) is 12.3 Å². The molecule has 124 valence electrons. The number of carbonyl (C=O) groups is 1. The molecule has 0 rings (SSSR count). The quantitative estimate of drug-likeness (QED) is 0.163. The first kappa shape index (κ1) is 20.9. The predicted octanol–water partition coefficient (Wildman–Crippen LogP) is -2.68. The molecule has 0 aromatic rings. The zero-order chi connectivity index (χ0) is 16.7. The number of rotatable bonds is 9. The highest BCUT2D eigenvalue weighted by Crippen LogP contribution is 2.12. The molecule has 0 aliphatic carbocycles. The van der Waals surface area contributed by atoms with Gasteiger partial charge in [0.1, 0.15) is 34.8 Å². The molecule has 0 saturated heterocycles. The number of aliphatic hydroxyl groups excluding tert-OH is 5. The van der Waals surface area contributed by atoms with Gasteiger partial charge in [-0.2, -0.15) is 12.6 Å². The number of carboxylic acid groups (broad SMARTS) is 1. The molecule has 0 radical (unpaired) electrons. The Hall–Kier alpha value is -0.140. The van der Waals surface area contributed by atoms with Crippen molar-refractivity contribution < 1.29 is 35.4 Å². The molecule has 0 aromatic heterocycles. The van der Waals surface area contributed by atoms with Crippen LogP contribution in [-0.2, 0) is 4.79 Å². The van der Waals surface area contributed by atoms with E-state index in [1.165, 1.54) is 0 Å². The molecule has 0 spiro atoms. The van der Waals surface area contributed by atoms with Gasteiger partial charge in [0.05, 0.1) is 6.61 Å². The number of aliphatic hydroxyl groups is 5. The van der Waals surface area contributed by atoms with Gasteiger partial charge in [0.2, 0.25) is 0 Å². The minimum absolute atomic E-state index is 0.124. The monoisotopic (exact) mass is 361 g/mol. The second kappa shape index (κ2) is 9.79. The van der Waals surface area contributed by atoms with Gasteiger partial charge in [-0.25, -0.2) is 4.79 Å². The maximum Gasteiger partial charge on any atom is 0.327 e. The fourth-order valence-electron chi connectivity index (χ4n) is 1.52. The summed E-state index contributed by atoms with van der Waals surface area (Å²) in [6.45, 7) is -1.26. The third kappa shape index (κ3) is 6.24. The van der Waals surface area contributed by atoms with E-state index in [0.717, 1.165) is 4.90 Å². The van der Waals surface area contributed by atoms with Crippen molar-refractivity contribution in [3.8, 4) is 0 Å². The fourth-order valence-corrected chi connectivity index (χ4v) is 2.30. The normalized spacial score (nSPS) is 18.4. The van der Waals surface area contributed by atoms with Crippen molar-refractivity contribution in [3.05, 3.63) is 0 Å². The number of nitrogens with zero attached hydrogens (tertiary/aromatic N) is 1. The molecule has 5 atom stereocenters. The molecule has 11 heteroatoms. The van der Waals surface area contributed by atoms with Gasteiger partial charge in [0.25, 0.3) is 0 Å². The topological polar surface area (TPSA) is 142 Å². The third-order valence-corrected chi connectivity index (χ3v) is 3.63. The summed E-state index contributed by atoms with van der Waals surface area (Å²) in [7, 11) is 0. The van der Waals surface area contributed by atoms with Crippen molar-refractivity contribution in [1.82, 2.24) is 4.90 Å². The molecular weight excluding hydrogens is 342 g/mol. The molecule has 0 heterocycles. The van der Waals surface area contributed by atoms with Crippen LogP contribution in [-0.4, -0.2) is 95.2 Å². The lowest BCUT2D eigenvalue weighted by Crippen LogP contribution is -2.53. The summed E-state index contributed by atoms with van der Waals surface area (Å²) in [5.41, 5.74) is 0. The minimum atomic E-state index is -1.81. The summed E-state index contributed by atoms with van der Waals surface area (Å²) >= 11 is 12.5. The van der Waals surface area contributed by atoms with Gasteiger partial charge in [-0.1, -0.05) is 12.2 Å². The zero-order valence-electron chi connectivity index (χ0n) is 10.8. The van der Waals surface area contributed by atoms with Crippen LogP contribution in [0.2, 0.25) is 0 Å². The molecule has 21 heavy (non-hydrogen) atoms. The Balaban J connectivity index is 4.93. The van der Waals surface area contributed by atoms with Gasteiger partial charge in [-0.05, 0) is 0 Å². The van der Waals surface area contributed by atoms with Crippen LogP contribution in [0.1, 0.15) is 0 Å². The number of hydrogen-bond donors (Lipinski definition) is 8. The van der Waals surface area contributed by atoms with Crippen LogP contribution in [0.15, 0.2) is 0 Å². The number of thiocarbonyl (C=S) groups is 1. The first-order chi connectivity index (χ1) is 9.67. The highest BCUT2D eigenvalue weighted by atomic mass is 32.1. The maximum atomic E-state index is 11.1. The van der Waals surface area contributed by atoms with Gasteiger partial charge in [-0.3, -0.25) is 0 Å². The smallest absolute Gasteiger partial charge is 0.327 e. The van der Waals surface area contributed by atoms with Crippen molar-refractivity contribution in [2.75, 3.05) is 18.9 Å². The fraction of sp³-hybridized carbons (Fsp3) is 0.800. The number of hydrogen-bond acceptors (Lipinski definition) is 8. The van der Waals surface area contributed by atoms with Crippen molar-refractivity contribution in [2.45, 2.75) is 30.5 Å². The largest absolute Gasteiger partial charge is 0.480 e. The average Bonchev–Trinajstić information content (AvgIpc) is 2.43. The van der Waals surface area contributed by atoms with E-state index in [1.807, 2.05) is 0 Å². The molecule has 0 bridgehead atoms. The van der Waals surface area contributed by atoms with Crippen LogP contribution < -0.4 is 0 Å². The molecule has 0 aromatic carbocycles. The number of thiol groups is 2. The first-order valence-electron chi connectivity index (χ1n) is 5.83. The Labute approximate surface area is 137 Å². The van der Waals surface area contributed by atoms with E-state index in [2.05, 4.69) is 25.3 Å². The summed E-state index contributed by atoms with van der Waals surface area (Å²) in [6, 6.07) is -1.18. The average molecular weight is 361 g/mol. The van der Waals surface area contributed by atoms with E-state index in [-0.39, 0.29) is 10.1 Å². The highest BCUT2D eigenvalue weighted by molar-refractivity contribution is 8.10. The SMILES string of the molecule is O=C(O)[C@H](CS)N(CC(O)C(O)C(O)C(O)CO)C(=S)S. The maximum absolute atomic E-state index is 11.1. The number of carboxylic acids is 1. The van der Waals surface area contributed by atoms with E-state index in [9.17, 15) is 25.2 Å². The minimum Gasteiger partial charge on any atom is -0.480 e. The second-order valence-corrected chi connectivity index (χ2v) is 5.75. The van der Waals surface area contributed by atoms with Crippen molar-refractivity contribution in [1.29, 1.82) is 0 Å². The standard InChI is InChI=1S/C10H19NO7S3/c12-2-6(14)8(16)7(15)5(13)1-11(10(20)21)4(3-19)9(17)18/h4-8,12-16,19H,1-3H2,(H,17,18)(H,20,21)/t4-,5?,6?,7?,8?/m0/s1. The molecule has 4 unspecified atom stereocenters. The van der Waals surface area contributed by atoms with Gasteiger partial charge in [-0.15, -0.1) is 12.6 Å². The van der Waals surface area contributed by atoms with E-state index >= 15 is 0 Å². The summed E-state index contributed by atoms with van der Waals surface area (Å²) in [5, 5.41) is 55.9. The summed E-state index contributed by atoms with van der Waals surface area (Å²) in [5.74, 6) is -1.38. The predicted molar refractivity (Wildman–Crippen MR) is 84.7 cm³/mol. The molecule has 8 nitrogen and oxygen atoms in total. The van der Waals surface area contributed by atoms with Crippen LogP contribution in [0.4, 0.5) is 0 Å². The lowest BCUT2D eigenvalue weighted by molar-refractivity contribution is -0.142. The molecule has 0 fully saturated rings. The van der Waals surface area contributed by atoms with Gasteiger partial charge >= 0.3 is 5.97 Å². The first-order valence-corrected chi connectivity index (χ1v) is 7.32. The lowest BCUT2D eigenvalue weighted by Gasteiger charge is -2.33. The van der Waals surface area contributed by atoms with Crippen LogP contribution in [0, 0.1) is 0 Å². The summed E-state index contributed by atoms with van der Waals surface area (Å²) in [6.07, 6.45) is -6.90. The molecule has 0 saturated carbocycles. The van der Waals surface area contributed by atoms with Crippen LogP contribution in [0.25, 0.3) is 0 Å². The lowest BCUT2D eigenvalue weighted by atomic mass is 10.0. The van der Waals surface area contributed by atoms with Crippen LogP contribution in [0.5, 0.6) is 0 Å². The van der Waals surface area contributed by atoms with Crippen LogP contribution >= 0.6 is 37.5 Å². The molecular formula is C10H19NO7S3. The van der Waals surface area contributed by atoms with E-state index in [1.54, 1.807) is 0 Å². The number of aliphatic carboxylic acids is 1. The van der Waals surface area contributed by atoms with E-state index in [4.69, 9.17) is 22.4 Å². The molecule has 0 aliphatic heterocycles. The highest BCUT2D eigenvalue weighted by Gasteiger charge is 2.34. The summed E-state index contributed by atoms with van der Waals surface area (Å²) < 4.78 is -0.139. The second-order valence-electron chi connectivity index (χ2n) is 4.27. The Morgan fingerprint density at radius 2 is 1.62 bits per heavy atom. The Morgan fingerprint density at radius 3 is 1.95 bits per heavy atom. The van der Waals surface area contributed by atoms with Gasteiger partial charge < -0.3 is 35.5 Å². The Morgan fingerprint density at radius 1 is 1.14 bits per heavy atom. The van der Waals surface area contributed by atoms with Crippen LogP contribution in [0.3, 0.4) is 0 Å². The van der Waals surface area contributed by atoms with Gasteiger partial charge in [0.15, 0.2) is 0 Å². The zero-order valence-corrected chi connectivity index (χ0v) is 13.5. The molecule has 6 N–H and O–H groups in total. The molecule has 0 aliphatic rings. The van der Waals surface area contributed by atoms with Crippen molar-refractivity contribution >= 4 is 47.8 Å². The van der Waals surface area contributed by atoms with E-state index in [0.29, 0.717) is 0 Å². The Bertz CT molecular complexity index is 360. The third-order valence-electron chi connectivity index (χ3n) is 2.79. The Kier molecular flexibility index (Phi) is 9.73.